The minimum absolute atomic E-state index is 0.0387. The van der Waals surface area contributed by atoms with E-state index < -0.39 is 5.82 Å². The highest BCUT2D eigenvalue weighted by atomic mass is 35.5. The van der Waals surface area contributed by atoms with Crippen molar-refractivity contribution in [3.8, 4) is 22.6 Å². The summed E-state index contributed by atoms with van der Waals surface area (Å²) in [7, 11) is 0. The summed E-state index contributed by atoms with van der Waals surface area (Å²) in [6.07, 6.45) is 4.14. The minimum atomic E-state index is -0.477. The van der Waals surface area contributed by atoms with Crippen LogP contribution in [0.15, 0.2) is 42.9 Å². The molecule has 0 bridgehead atoms. The summed E-state index contributed by atoms with van der Waals surface area (Å²) in [5, 5.41) is 4.63. The Bertz CT molecular complexity index is 1190. The van der Waals surface area contributed by atoms with Crippen LogP contribution in [0.4, 0.5) is 10.2 Å². The third-order valence-electron chi connectivity index (χ3n) is 4.20. The van der Waals surface area contributed by atoms with Gasteiger partial charge in [-0.25, -0.2) is 14.4 Å². The van der Waals surface area contributed by atoms with Crippen molar-refractivity contribution in [2.75, 3.05) is 0 Å². The van der Waals surface area contributed by atoms with Crippen molar-refractivity contribution in [3.63, 3.8) is 0 Å². The van der Waals surface area contributed by atoms with Crippen LogP contribution in [0.25, 0.3) is 33.1 Å². The second-order valence-electron chi connectivity index (χ2n) is 5.98. The highest BCUT2D eigenvalue weighted by Gasteiger charge is 2.19. The van der Waals surface area contributed by atoms with Crippen molar-refractivity contribution < 1.29 is 4.39 Å². The summed E-state index contributed by atoms with van der Waals surface area (Å²) in [6.45, 7) is 10.1. The van der Waals surface area contributed by atoms with Gasteiger partial charge in [-0.05, 0) is 30.7 Å². The fraction of sp³-hybridized carbons (Fsp3) is 0.158. The van der Waals surface area contributed by atoms with Crippen molar-refractivity contribution in [2.45, 2.75) is 19.9 Å². The fourth-order valence-corrected chi connectivity index (χ4v) is 3.16. The molecular weight excluding hydrogens is 367 g/mol. The molecule has 8 heteroatoms. The van der Waals surface area contributed by atoms with Gasteiger partial charge in [0.2, 0.25) is 5.65 Å². The van der Waals surface area contributed by atoms with E-state index in [4.69, 9.17) is 18.2 Å². The van der Waals surface area contributed by atoms with Gasteiger partial charge in [0.25, 0.3) is 5.82 Å². The second-order valence-corrected chi connectivity index (χ2v) is 6.39. The Labute approximate surface area is 159 Å². The first-order valence-electron chi connectivity index (χ1n) is 8.35. The quantitative estimate of drug-likeness (QED) is 0.467. The van der Waals surface area contributed by atoms with E-state index in [1.165, 1.54) is 16.8 Å². The standard InChI is InChI=1S/C19H14ClFN6/c1-3-8-26-11-24-18(12-4-5-14(21)13(20)9-12)19(26)15-6-7-16-23-10-17(22-2)27(16)25-15/h4-7,9-11H,3,8H2,1H3. The third-order valence-corrected chi connectivity index (χ3v) is 4.49. The molecule has 6 nitrogen and oxygen atoms in total. The SMILES string of the molecule is [C-]#[N+]c1cnc2ccc(-c3c(-c4ccc(F)c(Cl)c4)ncn3CCC)nn12. The van der Waals surface area contributed by atoms with Crippen molar-refractivity contribution in [1.82, 2.24) is 24.1 Å². The van der Waals surface area contributed by atoms with Crippen LogP contribution in [0.5, 0.6) is 0 Å². The second kappa shape index (κ2) is 6.82. The molecule has 27 heavy (non-hydrogen) atoms. The Balaban J connectivity index is 1.94. The molecule has 0 radical (unpaired) electrons. The lowest BCUT2D eigenvalue weighted by Gasteiger charge is -2.09. The summed E-state index contributed by atoms with van der Waals surface area (Å²) >= 11 is 5.96. The summed E-state index contributed by atoms with van der Waals surface area (Å²) in [6, 6.07) is 8.17. The van der Waals surface area contributed by atoms with Gasteiger partial charge in [0.1, 0.15) is 11.5 Å². The highest BCUT2D eigenvalue weighted by molar-refractivity contribution is 6.31. The lowest BCUT2D eigenvalue weighted by atomic mass is 10.1. The number of aromatic nitrogens is 5. The molecule has 0 saturated carbocycles. The van der Waals surface area contributed by atoms with E-state index in [1.54, 1.807) is 18.5 Å². The molecule has 0 aliphatic carbocycles. The van der Waals surface area contributed by atoms with Crippen LogP contribution < -0.4 is 0 Å². The van der Waals surface area contributed by atoms with Crippen molar-refractivity contribution in [2.24, 2.45) is 0 Å². The number of rotatable bonds is 4. The van der Waals surface area contributed by atoms with Crippen molar-refractivity contribution in [1.29, 1.82) is 0 Å². The predicted molar refractivity (Wildman–Crippen MR) is 101 cm³/mol. The van der Waals surface area contributed by atoms with Crippen LogP contribution in [0, 0.1) is 12.4 Å². The Hall–Kier alpha value is -3.24. The lowest BCUT2D eigenvalue weighted by molar-refractivity contribution is 0.628. The van der Waals surface area contributed by atoms with Crippen LogP contribution >= 0.6 is 11.6 Å². The minimum Gasteiger partial charge on any atom is -0.360 e. The molecule has 0 aliphatic heterocycles. The molecule has 3 heterocycles. The topological polar surface area (TPSA) is 52.4 Å². The van der Waals surface area contributed by atoms with Gasteiger partial charge in [-0.2, -0.15) is 0 Å². The predicted octanol–water partition coefficient (Wildman–Crippen LogP) is 5.01. The molecule has 4 rings (SSSR count). The van der Waals surface area contributed by atoms with Gasteiger partial charge in [-0.3, -0.25) is 0 Å². The average molecular weight is 381 g/mol. The zero-order valence-electron chi connectivity index (χ0n) is 14.4. The first-order chi connectivity index (χ1) is 13.1. The van der Waals surface area contributed by atoms with E-state index in [0.717, 1.165) is 18.7 Å². The molecule has 1 aromatic carbocycles. The summed E-state index contributed by atoms with van der Waals surface area (Å²) in [4.78, 5) is 12.1. The van der Waals surface area contributed by atoms with Crippen LogP contribution in [0.2, 0.25) is 5.02 Å². The van der Waals surface area contributed by atoms with Gasteiger partial charge in [0, 0.05) is 18.2 Å². The number of fused-ring (bicyclic) bond motifs is 1. The number of benzene rings is 1. The van der Waals surface area contributed by atoms with Gasteiger partial charge >= 0.3 is 0 Å². The number of halogens is 2. The zero-order chi connectivity index (χ0) is 19.0. The molecule has 134 valence electrons. The Kier molecular flexibility index (Phi) is 4.34. The Morgan fingerprint density at radius 2 is 2.07 bits per heavy atom. The first kappa shape index (κ1) is 17.2. The molecule has 3 aromatic heterocycles. The number of hydrogen-bond acceptors (Lipinski definition) is 3. The zero-order valence-corrected chi connectivity index (χ0v) is 15.2. The highest BCUT2D eigenvalue weighted by Crippen LogP contribution is 2.32. The summed E-state index contributed by atoms with van der Waals surface area (Å²) < 4.78 is 17.1. The third kappa shape index (κ3) is 2.94. The van der Waals surface area contributed by atoms with E-state index in [-0.39, 0.29) is 5.02 Å². The number of aryl methyl sites for hydroxylation is 1. The molecular formula is C19H14ClFN6. The average Bonchev–Trinajstić information content (AvgIpc) is 3.27. The largest absolute Gasteiger partial charge is 0.360 e. The molecule has 0 fully saturated rings. The van der Waals surface area contributed by atoms with E-state index in [0.29, 0.717) is 28.4 Å². The maximum Gasteiger partial charge on any atom is 0.275 e. The molecule has 0 amide bonds. The maximum atomic E-state index is 13.6. The molecule has 0 saturated heterocycles. The number of imidazole rings is 2. The fourth-order valence-electron chi connectivity index (χ4n) is 2.98. The van der Waals surface area contributed by atoms with Gasteiger partial charge in [-0.1, -0.05) is 30.2 Å². The van der Waals surface area contributed by atoms with Crippen LogP contribution in [0.3, 0.4) is 0 Å². The van der Waals surface area contributed by atoms with Gasteiger partial charge < -0.3 is 9.41 Å². The van der Waals surface area contributed by atoms with E-state index in [1.807, 2.05) is 16.7 Å². The van der Waals surface area contributed by atoms with Crippen LogP contribution in [-0.4, -0.2) is 24.1 Å². The molecule has 0 spiro atoms. The van der Waals surface area contributed by atoms with Gasteiger partial charge in [-0.15, -0.1) is 4.52 Å². The maximum absolute atomic E-state index is 13.6. The lowest BCUT2D eigenvalue weighted by Crippen LogP contribution is -2.02. The van der Waals surface area contributed by atoms with Crippen molar-refractivity contribution in [3.05, 3.63) is 65.1 Å². The number of hydrogen-bond donors (Lipinski definition) is 0. The van der Waals surface area contributed by atoms with Crippen LogP contribution in [-0.2, 0) is 6.54 Å². The van der Waals surface area contributed by atoms with Gasteiger partial charge in [0.05, 0.1) is 28.9 Å². The molecule has 0 aliphatic rings. The normalized spacial score (nSPS) is 11.0. The number of nitrogens with zero attached hydrogens (tertiary/aromatic N) is 6. The van der Waals surface area contributed by atoms with Gasteiger partial charge in [0.15, 0.2) is 0 Å². The van der Waals surface area contributed by atoms with Crippen molar-refractivity contribution >= 4 is 23.1 Å². The summed E-state index contributed by atoms with van der Waals surface area (Å²) in [5.74, 6) is -0.144. The van der Waals surface area contributed by atoms with E-state index >= 15 is 0 Å². The smallest absolute Gasteiger partial charge is 0.275 e. The van der Waals surface area contributed by atoms with Crippen LogP contribution in [0.1, 0.15) is 13.3 Å². The molecule has 0 unspecified atom stereocenters. The van der Waals surface area contributed by atoms with E-state index in [9.17, 15) is 4.39 Å². The molecule has 4 aromatic rings. The molecule has 0 atom stereocenters. The summed E-state index contributed by atoms with van der Waals surface area (Å²) in [5.41, 5.74) is 3.38. The first-order valence-corrected chi connectivity index (χ1v) is 8.73. The Morgan fingerprint density at radius 1 is 1.22 bits per heavy atom. The van der Waals surface area contributed by atoms with E-state index in [2.05, 4.69) is 26.8 Å². The Morgan fingerprint density at radius 3 is 2.81 bits per heavy atom. The monoisotopic (exact) mass is 380 g/mol. The molecule has 0 N–H and O–H groups in total.